The molecule has 228 valence electrons. The predicted octanol–water partition coefficient (Wildman–Crippen LogP) is 14.4. The minimum Gasteiger partial charge on any atom is -0.140 e. The zero-order valence-corrected chi connectivity index (χ0v) is 28.6. The maximum Gasteiger partial charge on any atom is 0.0361 e. The van der Waals surface area contributed by atoms with Crippen LogP contribution in [0.3, 0.4) is 0 Å². The second-order valence-corrected chi connectivity index (χ2v) is 15.4. The normalized spacial score (nSPS) is 13.3. The monoisotopic (exact) mass is 648 g/mol. The van der Waals surface area contributed by atoms with E-state index in [-0.39, 0.29) is 0 Å². The van der Waals surface area contributed by atoms with Gasteiger partial charge in [-0.2, -0.15) is 0 Å². The summed E-state index contributed by atoms with van der Waals surface area (Å²) in [7, 11) is 0. The van der Waals surface area contributed by atoms with E-state index in [1.807, 2.05) is 22.7 Å². The molecule has 0 nitrogen and oxygen atoms in total. The maximum atomic E-state index is 2.45. The molecule has 0 radical (unpaired) electrons. The predicted molar refractivity (Wildman–Crippen MR) is 215 cm³/mol. The summed E-state index contributed by atoms with van der Waals surface area (Å²) in [4.78, 5) is 1.38. The van der Waals surface area contributed by atoms with Crippen molar-refractivity contribution in [2.45, 2.75) is 26.7 Å². The third kappa shape index (κ3) is 4.13. The Bertz CT molecular complexity index is 2800. The number of allylic oxidation sites excluding steroid dienone is 2. The first-order valence-electron chi connectivity index (χ1n) is 16.8. The molecule has 48 heavy (non-hydrogen) atoms. The van der Waals surface area contributed by atoms with Gasteiger partial charge in [0.1, 0.15) is 0 Å². The summed E-state index contributed by atoms with van der Waals surface area (Å²) >= 11 is 3.83. The highest BCUT2D eigenvalue weighted by atomic mass is 32.1. The average molecular weight is 649 g/mol. The van der Waals surface area contributed by atoms with Gasteiger partial charge in [-0.1, -0.05) is 109 Å². The van der Waals surface area contributed by atoms with Gasteiger partial charge in [0, 0.05) is 35.1 Å². The van der Waals surface area contributed by atoms with Crippen molar-refractivity contribution in [3.63, 3.8) is 0 Å². The van der Waals surface area contributed by atoms with Gasteiger partial charge in [-0.05, 0) is 122 Å². The van der Waals surface area contributed by atoms with Crippen molar-refractivity contribution in [3.8, 4) is 22.3 Å². The summed E-state index contributed by atoms with van der Waals surface area (Å²) in [6, 6.07) is 41.8. The van der Waals surface area contributed by atoms with Crippen molar-refractivity contribution in [2.75, 3.05) is 0 Å². The van der Waals surface area contributed by atoms with Gasteiger partial charge in [-0.3, -0.25) is 0 Å². The molecule has 2 heterocycles. The molecule has 0 bridgehead atoms. The Hall–Kier alpha value is -5.02. The van der Waals surface area contributed by atoms with E-state index in [0.29, 0.717) is 0 Å². The Kier molecular flexibility index (Phi) is 6.28. The van der Waals surface area contributed by atoms with Gasteiger partial charge in [-0.25, -0.2) is 0 Å². The van der Waals surface area contributed by atoms with Gasteiger partial charge < -0.3 is 0 Å². The smallest absolute Gasteiger partial charge is 0.0361 e. The molecule has 0 unspecified atom stereocenters. The summed E-state index contributed by atoms with van der Waals surface area (Å²) in [5, 5.41) is 12.0. The molecule has 0 spiro atoms. The summed E-state index contributed by atoms with van der Waals surface area (Å²) < 4.78 is 4.06. The molecule has 0 N–H and O–H groups in total. The van der Waals surface area contributed by atoms with Crippen molar-refractivity contribution >= 4 is 97.4 Å². The number of fused-ring (bicyclic) bond motifs is 9. The maximum absolute atomic E-state index is 2.45. The number of thiophene rings is 2. The second-order valence-electron chi connectivity index (χ2n) is 13.1. The fourth-order valence-corrected chi connectivity index (χ4v) is 10.4. The lowest BCUT2D eigenvalue weighted by Gasteiger charge is -2.19. The molecule has 2 aromatic heterocycles. The molecule has 10 rings (SSSR count). The second kappa shape index (κ2) is 10.8. The van der Waals surface area contributed by atoms with Gasteiger partial charge in [0.15, 0.2) is 0 Å². The van der Waals surface area contributed by atoms with Crippen LogP contribution in [0.15, 0.2) is 121 Å². The van der Waals surface area contributed by atoms with E-state index in [1.165, 1.54) is 106 Å². The summed E-state index contributed by atoms with van der Waals surface area (Å²) in [6.07, 6.45) is 11.2. The first kappa shape index (κ1) is 28.0. The van der Waals surface area contributed by atoms with Crippen LogP contribution in [-0.2, 0) is 6.42 Å². The third-order valence-corrected chi connectivity index (χ3v) is 12.5. The molecule has 0 aliphatic heterocycles. The van der Waals surface area contributed by atoms with Crippen LogP contribution < -0.4 is 0 Å². The Morgan fingerprint density at radius 1 is 0.583 bits per heavy atom. The highest BCUT2D eigenvalue weighted by Gasteiger charge is 2.19. The van der Waals surface area contributed by atoms with Gasteiger partial charge >= 0.3 is 0 Å². The SMILES string of the molecule is C/C=C\c1c(C)sc2cc3c(ccc4sc5cc(-c6c7ccccc7c(-c7ccc8c(c7)CCC=C8)c7ccccc67)ccc5c43)cc12. The fraction of sp³-hybridized carbons (Fsp3) is 0.0870. The molecule has 0 atom stereocenters. The number of hydrogen-bond acceptors (Lipinski definition) is 2. The van der Waals surface area contributed by atoms with Crippen LogP contribution in [0.5, 0.6) is 0 Å². The van der Waals surface area contributed by atoms with Crippen molar-refractivity contribution in [3.05, 3.63) is 143 Å². The third-order valence-electron chi connectivity index (χ3n) is 10.3. The minimum atomic E-state index is 1.10. The van der Waals surface area contributed by atoms with Crippen molar-refractivity contribution in [1.82, 2.24) is 0 Å². The van der Waals surface area contributed by atoms with Crippen molar-refractivity contribution < 1.29 is 0 Å². The molecular weight excluding hydrogens is 617 g/mol. The lowest BCUT2D eigenvalue weighted by Crippen LogP contribution is -1.96. The zero-order valence-electron chi connectivity index (χ0n) is 26.9. The summed E-state index contributed by atoms with van der Waals surface area (Å²) in [5.74, 6) is 0. The lowest BCUT2D eigenvalue weighted by molar-refractivity contribution is 0.986. The first-order valence-corrected chi connectivity index (χ1v) is 18.5. The lowest BCUT2D eigenvalue weighted by atomic mass is 9.84. The quantitative estimate of drug-likeness (QED) is 0.167. The van der Waals surface area contributed by atoms with Crippen LogP contribution in [0.4, 0.5) is 0 Å². The van der Waals surface area contributed by atoms with E-state index in [1.54, 1.807) is 0 Å². The number of benzene rings is 7. The molecular formula is C46H32S2. The Morgan fingerprint density at radius 3 is 2.00 bits per heavy atom. The fourth-order valence-electron chi connectivity index (χ4n) is 8.20. The molecule has 2 heteroatoms. The highest BCUT2D eigenvalue weighted by Crippen LogP contribution is 2.47. The average Bonchev–Trinajstić information content (AvgIpc) is 3.65. The molecule has 7 aromatic carbocycles. The molecule has 1 aliphatic carbocycles. The Labute approximate surface area is 287 Å². The molecule has 0 saturated heterocycles. The number of hydrogen-bond donors (Lipinski definition) is 0. The van der Waals surface area contributed by atoms with E-state index in [9.17, 15) is 0 Å². The largest absolute Gasteiger partial charge is 0.140 e. The zero-order chi connectivity index (χ0) is 31.9. The van der Waals surface area contributed by atoms with Crippen LogP contribution in [-0.4, -0.2) is 0 Å². The van der Waals surface area contributed by atoms with E-state index in [4.69, 9.17) is 0 Å². The van der Waals surface area contributed by atoms with E-state index in [0.717, 1.165) is 12.8 Å². The highest BCUT2D eigenvalue weighted by molar-refractivity contribution is 7.26. The standard InChI is InChI=1S/C46H32S2/c1-3-10-33-27(2)47-43-26-39-30(24-40(33)43)20-22-41-46(39)38-21-19-32(25-42(38)48-41)45-36-15-8-6-13-34(36)44(35-14-7-9-16-37(35)45)31-18-17-28-11-4-5-12-29(28)23-31/h3-4,6-11,13-26H,5,12H2,1-2H3/b10-3-. The van der Waals surface area contributed by atoms with Crippen molar-refractivity contribution in [2.24, 2.45) is 0 Å². The molecule has 0 amide bonds. The van der Waals surface area contributed by atoms with Crippen molar-refractivity contribution in [1.29, 1.82) is 0 Å². The number of aryl methyl sites for hydroxylation is 2. The van der Waals surface area contributed by atoms with Crippen LogP contribution in [0.25, 0.3) is 97.0 Å². The van der Waals surface area contributed by atoms with Crippen LogP contribution in [0.2, 0.25) is 0 Å². The van der Waals surface area contributed by atoms with E-state index in [2.05, 4.69) is 147 Å². The number of rotatable bonds is 3. The van der Waals surface area contributed by atoms with Crippen LogP contribution in [0.1, 0.15) is 34.9 Å². The van der Waals surface area contributed by atoms with Gasteiger partial charge in [0.25, 0.3) is 0 Å². The van der Waals surface area contributed by atoms with Crippen LogP contribution in [0, 0.1) is 6.92 Å². The Morgan fingerprint density at radius 2 is 1.27 bits per heavy atom. The van der Waals surface area contributed by atoms with E-state index >= 15 is 0 Å². The topological polar surface area (TPSA) is 0 Å². The minimum absolute atomic E-state index is 1.10. The molecule has 0 fully saturated rings. The summed E-state index contributed by atoms with van der Waals surface area (Å²) in [6.45, 7) is 4.35. The van der Waals surface area contributed by atoms with Gasteiger partial charge in [-0.15, -0.1) is 22.7 Å². The first-order chi connectivity index (χ1) is 23.7. The molecule has 1 aliphatic rings. The molecule has 0 saturated carbocycles. The Balaban J connectivity index is 1.21. The van der Waals surface area contributed by atoms with E-state index < -0.39 is 0 Å². The summed E-state index contributed by atoms with van der Waals surface area (Å²) in [5.41, 5.74) is 9.40. The van der Waals surface area contributed by atoms with Gasteiger partial charge in [0.2, 0.25) is 0 Å². The molecule has 9 aromatic rings. The van der Waals surface area contributed by atoms with Gasteiger partial charge in [0.05, 0.1) is 0 Å². The van der Waals surface area contributed by atoms with Crippen LogP contribution >= 0.6 is 22.7 Å².